The summed E-state index contributed by atoms with van der Waals surface area (Å²) in [5.74, 6) is -0.349. The molecule has 0 amide bonds. The second kappa shape index (κ2) is 5.84. The van der Waals surface area contributed by atoms with Gasteiger partial charge in [0.15, 0.2) is 0 Å². The van der Waals surface area contributed by atoms with E-state index in [2.05, 4.69) is 5.32 Å². The monoisotopic (exact) mass is 291 g/mol. The van der Waals surface area contributed by atoms with Gasteiger partial charge >= 0.3 is 5.97 Å². The lowest BCUT2D eigenvalue weighted by molar-refractivity contribution is 0.0696. The van der Waals surface area contributed by atoms with Crippen molar-refractivity contribution >= 4 is 28.9 Å². The summed E-state index contributed by atoms with van der Waals surface area (Å²) >= 11 is 5.96. The third kappa shape index (κ3) is 3.03. The third-order valence-corrected chi connectivity index (χ3v) is 3.21. The molecule has 0 saturated carbocycles. The van der Waals surface area contributed by atoms with E-state index in [-0.39, 0.29) is 0 Å². The summed E-state index contributed by atoms with van der Waals surface area (Å²) in [4.78, 5) is 11.0. The summed E-state index contributed by atoms with van der Waals surface area (Å²) in [7, 11) is 1.55. The Kier molecular flexibility index (Phi) is 4.15. The van der Waals surface area contributed by atoms with Gasteiger partial charge in [-0.05, 0) is 42.8 Å². The van der Waals surface area contributed by atoms with Crippen molar-refractivity contribution in [3.05, 3.63) is 52.5 Å². The molecule has 0 radical (unpaired) electrons. The fourth-order valence-electron chi connectivity index (χ4n) is 1.89. The fraction of sp³-hybridized carbons (Fsp3) is 0.133. The molecule has 4 nitrogen and oxygen atoms in total. The molecule has 2 rings (SSSR count). The Hall–Kier alpha value is -2.20. The Morgan fingerprint density at radius 3 is 2.45 bits per heavy atom. The summed E-state index contributed by atoms with van der Waals surface area (Å²) in [6.07, 6.45) is 0. The van der Waals surface area contributed by atoms with Gasteiger partial charge in [0.1, 0.15) is 5.75 Å². The minimum absolute atomic E-state index is 0.296. The lowest BCUT2D eigenvalue weighted by atomic mass is 10.1. The van der Waals surface area contributed by atoms with Gasteiger partial charge in [0.2, 0.25) is 0 Å². The Labute approximate surface area is 122 Å². The highest BCUT2D eigenvalue weighted by Gasteiger charge is 2.08. The van der Waals surface area contributed by atoms with Crippen LogP contribution in [0.25, 0.3) is 0 Å². The number of carboxylic acids is 1. The van der Waals surface area contributed by atoms with Crippen molar-refractivity contribution in [3.63, 3.8) is 0 Å². The highest BCUT2D eigenvalue weighted by atomic mass is 35.5. The van der Waals surface area contributed by atoms with Gasteiger partial charge in [-0.3, -0.25) is 0 Å². The largest absolute Gasteiger partial charge is 0.495 e. The van der Waals surface area contributed by atoms with Crippen molar-refractivity contribution in [1.29, 1.82) is 0 Å². The molecule has 0 aromatic heterocycles. The van der Waals surface area contributed by atoms with Gasteiger partial charge in [0.05, 0.1) is 17.7 Å². The summed E-state index contributed by atoms with van der Waals surface area (Å²) in [5, 5.41) is 12.7. The molecule has 0 aliphatic heterocycles. The number of hydrogen-bond acceptors (Lipinski definition) is 3. The third-order valence-electron chi connectivity index (χ3n) is 2.90. The molecule has 0 heterocycles. The molecule has 5 heteroatoms. The van der Waals surface area contributed by atoms with Crippen LogP contribution in [0.4, 0.5) is 11.4 Å². The molecule has 2 aromatic rings. The minimum Gasteiger partial charge on any atom is -0.495 e. The molecule has 0 bridgehead atoms. The number of methoxy groups -OCH3 is 1. The molecular formula is C15H14ClNO3. The van der Waals surface area contributed by atoms with Crippen molar-refractivity contribution in [1.82, 2.24) is 0 Å². The highest BCUT2D eigenvalue weighted by Crippen LogP contribution is 2.29. The van der Waals surface area contributed by atoms with Gasteiger partial charge < -0.3 is 15.2 Å². The first-order chi connectivity index (χ1) is 9.51. The zero-order chi connectivity index (χ0) is 14.7. The van der Waals surface area contributed by atoms with Gasteiger partial charge in [-0.25, -0.2) is 4.79 Å². The maximum atomic E-state index is 11.0. The molecule has 0 aliphatic rings. The van der Waals surface area contributed by atoms with Crippen LogP contribution < -0.4 is 10.1 Å². The number of aryl methyl sites for hydroxylation is 1. The molecule has 0 fully saturated rings. The number of benzene rings is 2. The Morgan fingerprint density at radius 1 is 1.20 bits per heavy atom. The standard InChI is InChI=1S/C15H14ClNO3/c1-9-7-10(3-5-12(9)15(18)19)17-11-4-6-13(16)14(8-11)20-2/h3-8,17H,1-2H3,(H,18,19). The zero-order valence-corrected chi connectivity index (χ0v) is 11.9. The first-order valence-corrected chi connectivity index (χ1v) is 6.33. The molecule has 0 saturated heterocycles. The van der Waals surface area contributed by atoms with Crippen molar-refractivity contribution < 1.29 is 14.6 Å². The Bertz CT molecular complexity index is 656. The predicted molar refractivity (Wildman–Crippen MR) is 79.4 cm³/mol. The number of anilines is 2. The van der Waals surface area contributed by atoms with Crippen LogP contribution in [0.5, 0.6) is 5.75 Å². The van der Waals surface area contributed by atoms with Crippen LogP contribution in [0.15, 0.2) is 36.4 Å². The molecule has 0 unspecified atom stereocenters. The van der Waals surface area contributed by atoms with E-state index in [0.29, 0.717) is 21.9 Å². The summed E-state index contributed by atoms with van der Waals surface area (Å²) < 4.78 is 5.15. The highest BCUT2D eigenvalue weighted by molar-refractivity contribution is 6.32. The number of hydrogen-bond donors (Lipinski definition) is 2. The van der Waals surface area contributed by atoms with Crippen molar-refractivity contribution in [2.75, 3.05) is 12.4 Å². The maximum absolute atomic E-state index is 11.0. The van der Waals surface area contributed by atoms with Gasteiger partial charge in [-0.15, -0.1) is 0 Å². The van der Waals surface area contributed by atoms with Crippen LogP contribution in [-0.4, -0.2) is 18.2 Å². The Morgan fingerprint density at radius 2 is 1.85 bits per heavy atom. The maximum Gasteiger partial charge on any atom is 0.335 e. The van der Waals surface area contributed by atoms with Crippen molar-refractivity contribution in [3.8, 4) is 5.75 Å². The van der Waals surface area contributed by atoms with Crippen LogP contribution in [0.3, 0.4) is 0 Å². The topological polar surface area (TPSA) is 58.6 Å². The van der Waals surface area contributed by atoms with Crippen LogP contribution in [0.2, 0.25) is 5.02 Å². The second-order valence-corrected chi connectivity index (χ2v) is 4.72. The minimum atomic E-state index is -0.929. The van der Waals surface area contributed by atoms with Gasteiger partial charge in [0.25, 0.3) is 0 Å². The van der Waals surface area contributed by atoms with E-state index in [9.17, 15) is 4.79 Å². The molecule has 2 aromatic carbocycles. The van der Waals surface area contributed by atoms with E-state index in [1.807, 2.05) is 6.07 Å². The van der Waals surface area contributed by atoms with E-state index in [4.69, 9.17) is 21.4 Å². The number of ether oxygens (including phenoxy) is 1. The number of aromatic carboxylic acids is 1. The number of nitrogens with one attached hydrogen (secondary N) is 1. The average Bonchev–Trinajstić information content (AvgIpc) is 2.40. The molecule has 104 valence electrons. The van der Waals surface area contributed by atoms with Crippen molar-refractivity contribution in [2.45, 2.75) is 6.92 Å². The first kappa shape index (κ1) is 14.2. The average molecular weight is 292 g/mol. The van der Waals surface area contributed by atoms with Gasteiger partial charge in [-0.2, -0.15) is 0 Å². The van der Waals surface area contributed by atoms with Crippen molar-refractivity contribution in [2.24, 2.45) is 0 Å². The lowest BCUT2D eigenvalue weighted by Gasteiger charge is -2.11. The first-order valence-electron chi connectivity index (χ1n) is 5.96. The predicted octanol–water partition coefficient (Wildman–Crippen LogP) is 4.10. The Balaban J connectivity index is 2.26. The number of carbonyl (C=O) groups is 1. The fourth-order valence-corrected chi connectivity index (χ4v) is 2.08. The van der Waals surface area contributed by atoms with E-state index < -0.39 is 5.97 Å². The van der Waals surface area contributed by atoms with Gasteiger partial charge in [-0.1, -0.05) is 11.6 Å². The molecule has 2 N–H and O–H groups in total. The SMILES string of the molecule is COc1cc(Nc2ccc(C(=O)O)c(C)c2)ccc1Cl. The van der Waals surface area contributed by atoms with E-state index in [1.54, 1.807) is 44.4 Å². The molecular weight excluding hydrogens is 278 g/mol. The summed E-state index contributed by atoms with van der Waals surface area (Å²) in [5.41, 5.74) is 2.61. The second-order valence-electron chi connectivity index (χ2n) is 4.31. The summed E-state index contributed by atoms with van der Waals surface area (Å²) in [6.45, 7) is 1.76. The molecule has 20 heavy (non-hydrogen) atoms. The van der Waals surface area contributed by atoms with E-state index in [0.717, 1.165) is 11.4 Å². The molecule has 0 spiro atoms. The van der Waals surface area contributed by atoms with Crippen LogP contribution in [0, 0.1) is 6.92 Å². The smallest absolute Gasteiger partial charge is 0.335 e. The van der Waals surface area contributed by atoms with E-state index in [1.165, 1.54) is 0 Å². The van der Waals surface area contributed by atoms with E-state index >= 15 is 0 Å². The number of rotatable bonds is 4. The van der Waals surface area contributed by atoms with Gasteiger partial charge in [0, 0.05) is 17.4 Å². The van der Waals surface area contributed by atoms with Crippen LogP contribution >= 0.6 is 11.6 Å². The normalized spacial score (nSPS) is 10.2. The quantitative estimate of drug-likeness (QED) is 0.890. The lowest BCUT2D eigenvalue weighted by Crippen LogP contribution is -2.00. The number of halogens is 1. The number of carboxylic acid groups (broad SMARTS) is 1. The van der Waals surface area contributed by atoms with Crippen LogP contribution in [0.1, 0.15) is 15.9 Å². The summed E-state index contributed by atoms with van der Waals surface area (Å²) in [6, 6.07) is 10.4. The zero-order valence-electron chi connectivity index (χ0n) is 11.1. The van der Waals surface area contributed by atoms with Crippen LogP contribution in [-0.2, 0) is 0 Å². The molecule has 0 aliphatic carbocycles. The molecule has 0 atom stereocenters.